The minimum atomic E-state index is 0.221. The summed E-state index contributed by atoms with van der Waals surface area (Å²) in [4.78, 5) is 2.75. The van der Waals surface area contributed by atoms with Crippen LogP contribution < -0.4 is 5.32 Å². The van der Waals surface area contributed by atoms with Gasteiger partial charge < -0.3 is 5.32 Å². The quantitative estimate of drug-likeness (QED) is 0.904. The maximum Gasteiger partial charge on any atom is 0.0473 e. The molecular weight excluding hydrogens is 256 g/mol. The summed E-state index contributed by atoms with van der Waals surface area (Å²) >= 11 is 0. The van der Waals surface area contributed by atoms with Gasteiger partial charge in [0.05, 0.1) is 0 Å². The molecule has 0 radical (unpaired) electrons. The maximum atomic E-state index is 3.73. The van der Waals surface area contributed by atoms with Gasteiger partial charge in [0.15, 0.2) is 0 Å². The number of benzene rings is 1. The molecule has 2 nitrogen and oxygen atoms in total. The van der Waals surface area contributed by atoms with Gasteiger partial charge in [0.25, 0.3) is 0 Å². The molecule has 1 unspecified atom stereocenters. The van der Waals surface area contributed by atoms with Gasteiger partial charge in [-0.2, -0.15) is 0 Å². The van der Waals surface area contributed by atoms with Crippen LogP contribution in [0.2, 0.25) is 0 Å². The van der Waals surface area contributed by atoms with E-state index in [1.807, 2.05) is 0 Å². The van der Waals surface area contributed by atoms with Crippen molar-refractivity contribution in [2.24, 2.45) is 11.3 Å². The molecule has 116 valence electrons. The maximum absolute atomic E-state index is 3.73. The van der Waals surface area contributed by atoms with Crippen molar-refractivity contribution < 1.29 is 0 Å². The van der Waals surface area contributed by atoms with Gasteiger partial charge in [0.1, 0.15) is 0 Å². The summed E-state index contributed by atoms with van der Waals surface area (Å²) in [6.07, 6.45) is 2.83. The third-order valence-corrected chi connectivity index (χ3v) is 5.63. The summed E-state index contributed by atoms with van der Waals surface area (Å²) in [6.45, 7) is 12.9. The molecule has 0 amide bonds. The predicted octanol–water partition coefficient (Wildman–Crippen LogP) is 3.85. The molecule has 0 bridgehead atoms. The highest BCUT2D eigenvalue weighted by Crippen LogP contribution is 2.53. The average molecular weight is 286 g/mol. The van der Waals surface area contributed by atoms with Crippen molar-refractivity contribution in [1.82, 2.24) is 10.2 Å². The summed E-state index contributed by atoms with van der Waals surface area (Å²) in [7, 11) is 0. The van der Waals surface area contributed by atoms with Gasteiger partial charge in [-0.05, 0) is 43.6 Å². The van der Waals surface area contributed by atoms with E-state index in [2.05, 4.69) is 68.2 Å². The Hall–Kier alpha value is -0.860. The number of rotatable bonds is 4. The van der Waals surface area contributed by atoms with E-state index in [9.17, 15) is 0 Å². The van der Waals surface area contributed by atoms with Crippen molar-refractivity contribution >= 4 is 0 Å². The van der Waals surface area contributed by atoms with Crippen molar-refractivity contribution in [3.8, 4) is 0 Å². The monoisotopic (exact) mass is 286 g/mol. The second-order valence-electron chi connectivity index (χ2n) is 8.11. The Balaban J connectivity index is 1.81. The van der Waals surface area contributed by atoms with Crippen molar-refractivity contribution in [3.63, 3.8) is 0 Å². The molecule has 1 N–H and O–H groups in total. The topological polar surface area (TPSA) is 15.3 Å². The minimum Gasteiger partial charge on any atom is -0.309 e. The van der Waals surface area contributed by atoms with Gasteiger partial charge >= 0.3 is 0 Å². The first-order chi connectivity index (χ1) is 9.92. The Labute approximate surface area is 129 Å². The Morgan fingerprint density at radius 3 is 2.43 bits per heavy atom. The van der Waals surface area contributed by atoms with E-state index in [0.29, 0.717) is 11.5 Å². The Kier molecular flexibility index (Phi) is 3.87. The third kappa shape index (κ3) is 3.17. The number of hydrogen-bond donors (Lipinski definition) is 1. The molecular formula is C19H30N2. The lowest BCUT2D eigenvalue weighted by Crippen LogP contribution is -2.59. The van der Waals surface area contributed by atoms with E-state index >= 15 is 0 Å². The second-order valence-corrected chi connectivity index (χ2v) is 8.11. The van der Waals surface area contributed by atoms with E-state index in [1.165, 1.54) is 24.9 Å². The fourth-order valence-electron chi connectivity index (χ4n) is 3.83. The Morgan fingerprint density at radius 1 is 1.19 bits per heavy atom. The zero-order valence-corrected chi connectivity index (χ0v) is 14.0. The lowest BCUT2D eigenvalue weighted by atomic mass is 9.88. The summed E-state index contributed by atoms with van der Waals surface area (Å²) < 4.78 is 0. The highest BCUT2D eigenvalue weighted by Gasteiger charge is 2.48. The van der Waals surface area contributed by atoms with E-state index in [4.69, 9.17) is 0 Å². The van der Waals surface area contributed by atoms with Crippen LogP contribution in [-0.4, -0.2) is 30.1 Å². The first kappa shape index (κ1) is 15.1. The Morgan fingerprint density at radius 2 is 1.86 bits per heavy atom. The molecule has 1 aliphatic carbocycles. The molecule has 1 aromatic carbocycles. The summed E-state index contributed by atoms with van der Waals surface area (Å²) in [6, 6.07) is 11.5. The van der Waals surface area contributed by atoms with Gasteiger partial charge in [0, 0.05) is 31.2 Å². The van der Waals surface area contributed by atoms with Gasteiger partial charge in [-0.3, -0.25) is 4.90 Å². The summed E-state index contributed by atoms with van der Waals surface area (Å²) in [5, 5.41) is 3.73. The van der Waals surface area contributed by atoms with Crippen molar-refractivity contribution in [2.75, 3.05) is 19.6 Å². The molecule has 21 heavy (non-hydrogen) atoms. The van der Waals surface area contributed by atoms with E-state index < -0.39 is 0 Å². The lowest BCUT2D eigenvalue weighted by Gasteiger charge is -2.46. The SMILES string of the molecule is CC(C)C1(CN2CC(C)(C)NCC2c2ccccc2)CC1. The molecule has 1 aromatic rings. The molecule has 1 aliphatic heterocycles. The van der Waals surface area contributed by atoms with E-state index in [-0.39, 0.29) is 5.54 Å². The fourth-order valence-corrected chi connectivity index (χ4v) is 3.83. The normalized spacial score (nSPS) is 27.8. The molecule has 0 spiro atoms. The largest absolute Gasteiger partial charge is 0.309 e. The Bertz CT molecular complexity index is 474. The van der Waals surface area contributed by atoms with E-state index in [0.717, 1.165) is 19.0 Å². The number of nitrogens with one attached hydrogen (secondary N) is 1. The van der Waals surface area contributed by atoms with Crippen molar-refractivity contribution in [3.05, 3.63) is 35.9 Å². The number of nitrogens with zero attached hydrogens (tertiary/aromatic N) is 1. The van der Waals surface area contributed by atoms with Crippen LogP contribution in [0, 0.1) is 11.3 Å². The van der Waals surface area contributed by atoms with Crippen LogP contribution in [0.15, 0.2) is 30.3 Å². The smallest absolute Gasteiger partial charge is 0.0473 e. The summed E-state index contributed by atoms with van der Waals surface area (Å²) in [5.41, 5.74) is 2.26. The van der Waals surface area contributed by atoms with Crippen LogP contribution in [0.4, 0.5) is 0 Å². The van der Waals surface area contributed by atoms with Crippen LogP contribution >= 0.6 is 0 Å². The molecule has 0 aromatic heterocycles. The molecule has 3 rings (SSSR count). The standard InChI is InChI=1S/C19H30N2/c1-15(2)19(10-11-19)14-21-13-18(3,4)20-12-17(21)16-8-6-5-7-9-16/h5-9,15,17,20H,10-14H2,1-4H3. The zero-order chi connectivity index (χ0) is 15.1. The first-order valence-corrected chi connectivity index (χ1v) is 8.46. The predicted molar refractivity (Wildman–Crippen MR) is 89.3 cm³/mol. The average Bonchev–Trinajstić information content (AvgIpc) is 3.20. The third-order valence-electron chi connectivity index (χ3n) is 5.63. The zero-order valence-electron chi connectivity index (χ0n) is 14.0. The molecule has 1 atom stereocenters. The number of piperazine rings is 1. The fraction of sp³-hybridized carbons (Fsp3) is 0.684. The van der Waals surface area contributed by atoms with Crippen LogP contribution in [0.3, 0.4) is 0 Å². The molecule has 2 heteroatoms. The summed E-state index contributed by atoms with van der Waals surface area (Å²) in [5.74, 6) is 0.798. The number of hydrogen-bond acceptors (Lipinski definition) is 2. The van der Waals surface area contributed by atoms with Gasteiger partial charge in [-0.1, -0.05) is 44.2 Å². The van der Waals surface area contributed by atoms with E-state index in [1.54, 1.807) is 0 Å². The van der Waals surface area contributed by atoms with Crippen LogP contribution in [0.5, 0.6) is 0 Å². The highest BCUT2D eigenvalue weighted by atomic mass is 15.3. The molecule has 2 fully saturated rings. The van der Waals surface area contributed by atoms with Gasteiger partial charge in [-0.15, -0.1) is 0 Å². The van der Waals surface area contributed by atoms with Crippen LogP contribution in [-0.2, 0) is 0 Å². The van der Waals surface area contributed by atoms with Crippen LogP contribution in [0.1, 0.15) is 52.1 Å². The molecule has 1 saturated heterocycles. The minimum absolute atomic E-state index is 0.221. The molecule has 1 saturated carbocycles. The van der Waals surface area contributed by atoms with Gasteiger partial charge in [0.2, 0.25) is 0 Å². The highest BCUT2D eigenvalue weighted by molar-refractivity contribution is 5.21. The van der Waals surface area contributed by atoms with Crippen LogP contribution in [0.25, 0.3) is 0 Å². The van der Waals surface area contributed by atoms with Crippen molar-refractivity contribution in [1.29, 1.82) is 0 Å². The lowest BCUT2D eigenvalue weighted by molar-refractivity contribution is 0.0636. The van der Waals surface area contributed by atoms with Crippen molar-refractivity contribution in [2.45, 2.75) is 52.1 Å². The first-order valence-electron chi connectivity index (χ1n) is 8.46. The molecule has 2 aliphatic rings. The molecule has 1 heterocycles. The van der Waals surface area contributed by atoms with Gasteiger partial charge in [-0.25, -0.2) is 0 Å². The second kappa shape index (κ2) is 5.40.